The summed E-state index contributed by atoms with van der Waals surface area (Å²) in [4.78, 5) is 21.9. The van der Waals surface area contributed by atoms with E-state index in [1.165, 1.54) is 11.3 Å². The van der Waals surface area contributed by atoms with E-state index in [9.17, 15) is 9.59 Å². The van der Waals surface area contributed by atoms with Crippen molar-refractivity contribution in [2.45, 2.75) is 0 Å². The minimum Gasteiger partial charge on any atom is -0.480 e. The SMILES string of the molecule is CNC(=O)c1ccc(NCC(=O)O)s1. The van der Waals surface area contributed by atoms with Gasteiger partial charge in [0.2, 0.25) is 0 Å². The summed E-state index contributed by atoms with van der Waals surface area (Å²) in [5, 5.41) is 14.2. The summed E-state index contributed by atoms with van der Waals surface area (Å²) in [6.07, 6.45) is 0. The van der Waals surface area contributed by atoms with Crippen molar-refractivity contribution in [3.8, 4) is 0 Å². The van der Waals surface area contributed by atoms with Gasteiger partial charge in [-0.1, -0.05) is 0 Å². The van der Waals surface area contributed by atoms with Gasteiger partial charge in [-0.15, -0.1) is 11.3 Å². The van der Waals surface area contributed by atoms with Gasteiger partial charge >= 0.3 is 5.97 Å². The second kappa shape index (κ2) is 4.61. The predicted molar refractivity (Wildman–Crippen MR) is 53.8 cm³/mol. The van der Waals surface area contributed by atoms with Gasteiger partial charge < -0.3 is 15.7 Å². The molecule has 1 amide bonds. The molecule has 0 saturated carbocycles. The van der Waals surface area contributed by atoms with E-state index in [1.807, 2.05) is 0 Å². The smallest absolute Gasteiger partial charge is 0.322 e. The first-order valence-electron chi connectivity index (χ1n) is 3.91. The van der Waals surface area contributed by atoms with E-state index in [1.54, 1.807) is 19.2 Å². The van der Waals surface area contributed by atoms with Crippen LogP contribution in [0.2, 0.25) is 0 Å². The molecule has 0 atom stereocenters. The van der Waals surface area contributed by atoms with Gasteiger partial charge in [0.1, 0.15) is 6.54 Å². The molecule has 1 rings (SSSR count). The minimum atomic E-state index is -0.931. The third-order valence-electron chi connectivity index (χ3n) is 1.47. The number of carbonyl (C=O) groups excluding carboxylic acids is 1. The van der Waals surface area contributed by atoms with Crippen molar-refractivity contribution in [1.29, 1.82) is 0 Å². The molecule has 0 aliphatic carbocycles. The molecule has 0 radical (unpaired) electrons. The number of anilines is 1. The first-order chi connectivity index (χ1) is 6.63. The normalized spacial score (nSPS) is 9.50. The van der Waals surface area contributed by atoms with Crippen LogP contribution in [0.25, 0.3) is 0 Å². The van der Waals surface area contributed by atoms with Gasteiger partial charge in [-0.25, -0.2) is 0 Å². The van der Waals surface area contributed by atoms with Crippen molar-refractivity contribution in [3.05, 3.63) is 17.0 Å². The van der Waals surface area contributed by atoms with Crippen LogP contribution in [0.1, 0.15) is 9.67 Å². The first kappa shape index (κ1) is 10.5. The van der Waals surface area contributed by atoms with Crippen molar-refractivity contribution in [3.63, 3.8) is 0 Å². The van der Waals surface area contributed by atoms with Crippen molar-refractivity contribution in [2.24, 2.45) is 0 Å². The Morgan fingerprint density at radius 3 is 2.79 bits per heavy atom. The standard InChI is InChI=1S/C8H10N2O3S/c1-9-8(13)5-2-3-6(14-5)10-4-7(11)12/h2-3,10H,4H2,1H3,(H,9,13)(H,11,12). The van der Waals surface area contributed by atoms with Crippen molar-refractivity contribution in [2.75, 3.05) is 18.9 Å². The lowest BCUT2D eigenvalue weighted by Crippen LogP contribution is -2.16. The Bertz CT molecular complexity index is 348. The molecule has 6 heteroatoms. The Morgan fingerprint density at radius 2 is 2.21 bits per heavy atom. The van der Waals surface area contributed by atoms with Gasteiger partial charge in [-0.05, 0) is 12.1 Å². The zero-order valence-corrected chi connectivity index (χ0v) is 8.35. The van der Waals surface area contributed by atoms with Crippen molar-refractivity contribution in [1.82, 2.24) is 5.32 Å². The number of carbonyl (C=O) groups is 2. The summed E-state index contributed by atoms with van der Waals surface area (Å²) in [7, 11) is 1.55. The highest BCUT2D eigenvalue weighted by atomic mass is 32.1. The molecule has 0 bridgehead atoms. The third kappa shape index (κ3) is 2.74. The lowest BCUT2D eigenvalue weighted by atomic mass is 10.4. The fourth-order valence-electron chi connectivity index (χ4n) is 0.841. The first-order valence-corrected chi connectivity index (χ1v) is 4.72. The maximum atomic E-state index is 11.1. The molecule has 1 aromatic rings. The summed E-state index contributed by atoms with van der Waals surface area (Å²) in [5.74, 6) is -1.10. The average Bonchev–Trinajstić information content (AvgIpc) is 2.62. The summed E-state index contributed by atoms with van der Waals surface area (Å²) < 4.78 is 0. The van der Waals surface area contributed by atoms with Gasteiger partial charge in [0.25, 0.3) is 5.91 Å². The van der Waals surface area contributed by atoms with E-state index < -0.39 is 5.97 Å². The Kier molecular flexibility index (Phi) is 3.47. The van der Waals surface area contributed by atoms with Gasteiger partial charge in [0.15, 0.2) is 0 Å². The number of thiophene rings is 1. The van der Waals surface area contributed by atoms with Crippen LogP contribution in [-0.2, 0) is 4.79 Å². The Hall–Kier alpha value is -1.56. The van der Waals surface area contributed by atoms with E-state index in [0.717, 1.165) is 0 Å². The summed E-state index contributed by atoms with van der Waals surface area (Å²) >= 11 is 1.22. The maximum absolute atomic E-state index is 11.1. The third-order valence-corrected chi connectivity index (χ3v) is 2.51. The molecule has 0 unspecified atom stereocenters. The van der Waals surface area contributed by atoms with Crippen LogP contribution < -0.4 is 10.6 Å². The molecular weight excluding hydrogens is 204 g/mol. The lowest BCUT2D eigenvalue weighted by molar-refractivity contribution is -0.134. The molecule has 5 nitrogen and oxygen atoms in total. The molecule has 3 N–H and O–H groups in total. The van der Waals surface area contributed by atoms with Gasteiger partial charge in [0.05, 0.1) is 9.88 Å². The van der Waals surface area contributed by atoms with Crippen LogP contribution in [-0.4, -0.2) is 30.6 Å². The van der Waals surface area contributed by atoms with Crippen LogP contribution in [0, 0.1) is 0 Å². The molecule has 0 spiro atoms. The molecule has 0 fully saturated rings. The molecule has 0 saturated heterocycles. The summed E-state index contributed by atoms with van der Waals surface area (Å²) in [6, 6.07) is 3.33. The Morgan fingerprint density at radius 1 is 1.50 bits per heavy atom. The lowest BCUT2D eigenvalue weighted by Gasteiger charge is -1.97. The monoisotopic (exact) mass is 214 g/mol. The largest absolute Gasteiger partial charge is 0.480 e. The highest BCUT2D eigenvalue weighted by Gasteiger charge is 2.07. The van der Waals surface area contributed by atoms with Crippen LogP contribution in [0.4, 0.5) is 5.00 Å². The van der Waals surface area contributed by atoms with E-state index in [-0.39, 0.29) is 12.5 Å². The quantitative estimate of drug-likeness (QED) is 0.686. The van der Waals surface area contributed by atoms with Gasteiger partial charge in [-0.3, -0.25) is 9.59 Å². The number of amides is 1. The molecule has 1 heterocycles. The van der Waals surface area contributed by atoms with Crippen LogP contribution >= 0.6 is 11.3 Å². The number of hydrogen-bond donors (Lipinski definition) is 3. The van der Waals surface area contributed by atoms with Crippen molar-refractivity contribution < 1.29 is 14.7 Å². The molecule has 76 valence electrons. The molecular formula is C8H10N2O3S. The van der Waals surface area contributed by atoms with E-state index in [0.29, 0.717) is 9.88 Å². The number of carboxylic acid groups (broad SMARTS) is 1. The molecule has 1 aromatic heterocycles. The average molecular weight is 214 g/mol. The second-order valence-corrected chi connectivity index (χ2v) is 3.57. The van der Waals surface area contributed by atoms with Crippen LogP contribution in [0.3, 0.4) is 0 Å². The van der Waals surface area contributed by atoms with Gasteiger partial charge in [-0.2, -0.15) is 0 Å². The molecule has 14 heavy (non-hydrogen) atoms. The van der Waals surface area contributed by atoms with E-state index in [4.69, 9.17) is 5.11 Å². The summed E-state index contributed by atoms with van der Waals surface area (Å²) in [5.41, 5.74) is 0. The highest BCUT2D eigenvalue weighted by Crippen LogP contribution is 2.21. The predicted octanol–water partition coefficient (Wildman–Crippen LogP) is 0.604. The van der Waals surface area contributed by atoms with E-state index >= 15 is 0 Å². The Labute approximate surface area is 84.7 Å². The second-order valence-electron chi connectivity index (χ2n) is 2.49. The number of nitrogens with one attached hydrogen (secondary N) is 2. The topological polar surface area (TPSA) is 78.4 Å². The zero-order valence-electron chi connectivity index (χ0n) is 7.53. The zero-order chi connectivity index (χ0) is 10.6. The van der Waals surface area contributed by atoms with Gasteiger partial charge in [0, 0.05) is 7.05 Å². The fraction of sp³-hybridized carbons (Fsp3) is 0.250. The van der Waals surface area contributed by atoms with Crippen LogP contribution in [0.15, 0.2) is 12.1 Å². The number of rotatable bonds is 4. The molecule has 0 aliphatic rings. The highest BCUT2D eigenvalue weighted by molar-refractivity contribution is 7.17. The van der Waals surface area contributed by atoms with Crippen LogP contribution in [0.5, 0.6) is 0 Å². The maximum Gasteiger partial charge on any atom is 0.322 e. The number of aliphatic carboxylic acids is 1. The Balaban J connectivity index is 2.59. The summed E-state index contributed by atoms with van der Waals surface area (Å²) in [6.45, 7) is -0.145. The van der Waals surface area contributed by atoms with Crippen molar-refractivity contribution >= 4 is 28.2 Å². The number of hydrogen-bond acceptors (Lipinski definition) is 4. The fourth-order valence-corrected chi connectivity index (χ4v) is 1.69. The molecule has 0 aromatic carbocycles. The molecule has 0 aliphatic heterocycles. The van der Waals surface area contributed by atoms with E-state index in [2.05, 4.69) is 10.6 Å². The minimum absolute atomic E-state index is 0.145. The number of carboxylic acids is 1.